The van der Waals surface area contributed by atoms with Crippen LogP contribution in [0.1, 0.15) is 5.56 Å². The number of rotatable bonds is 0. The fraction of sp³-hybridized carbons (Fsp3) is 0.333. The summed E-state index contributed by atoms with van der Waals surface area (Å²) in [5.74, 6) is 1.41. The monoisotopic (exact) mass is 152 g/mol. The Morgan fingerprint density at radius 2 is 2.10 bits per heavy atom. The molecule has 1 heterocycles. The summed E-state index contributed by atoms with van der Waals surface area (Å²) < 4.78 is 0. The average molecular weight is 152 g/mol. The summed E-state index contributed by atoms with van der Waals surface area (Å²) in [5.41, 5.74) is 1.59. The maximum atomic E-state index is 2.38. The maximum absolute atomic E-state index is 2.38. The van der Waals surface area contributed by atoms with Crippen LogP contribution in [0.5, 0.6) is 0 Å². The molecule has 0 amide bonds. The van der Waals surface area contributed by atoms with E-state index < -0.39 is 0 Å². The molecule has 1 unspecified atom stereocenters. The topological polar surface area (TPSA) is 0 Å². The standard InChI is InChI=1S/C9H12S/c1-10-7-6-8-4-2-3-5-9(8)10/h2-5,10H,6-7H2,1H3. The Kier molecular flexibility index (Phi) is 1.46. The number of benzene rings is 1. The molecule has 10 heavy (non-hydrogen) atoms. The number of fused-ring (bicyclic) bond motifs is 1. The predicted octanol–water partition coefficient (Wildman–Crippen LogP) is 2.23. The second-order valence-electron chi connectivity index (χ2n) is 2.80. The number of hydrogen-bond acceptors (Lipinski definition) is 0. The minimum absolute atomic E-state index is 0.219. The molecule has 0 N–H and O–H groups in total. The predicted molar refractivity (Wildman–Crippen MR) is 48.2 cm³/mol. The van der Waals surface area contributed by atoms with E-state index in [-0.39, 0.29) is 10.9 Å². The SMILES string of the molecule is C[SH]1CCc2ccccc21. The van der Waals surface area contributed by atoms with Crippen molar-refractivity contribution < 1.29 is 0 Å². The van der Waals surface area contributed by atoms with Crippen LogP contribution in [0.15, 0.2) is 29.2 Å². The van der Waals surface area contributed by atoms with Crippen molar-refractivity contribution in [3.05, 3.63) is 29.8 Å². The molecule has 0 radical (unpaired) electrons. The molecular formula is C9H12S. The van der Waals surface area contributed by atoms with Gasteiger partial charge in [-0.05, 0) is 28.9 Å². The van der Waals surface area contributed by atoms with Crippen molar-refractivity contribution in [2.75, 3.05) is 12.0 Å². The van der Waals surface area contributed by atoms with Crippen molar-refractivity contribution in [2.45, 2.75) is 11.3 Å². The highest BCUT2D eigenvalue weighted by Gasteiger charge is 2.13. The summed E-state index contributed by atoms with van der Waals surface area (Å²) >= 11 is 0. The van der Waals surface area contributed by atoms with E-state index in [0.29, 0.717) is 0 Å². The molecule has 54 valence electrons. The second kappa shape index (κ2) is 2.31. The molecule has 1 heteroatoms. The lowest BCUT2D eigenvalue weighted by atomic mass is 10.2. The Morgan fingerprint density at radius 3 is 2.90 bits per heavy atom. The van der Waals surface area contributed by atoms with Crippen molar-refractivity contribution in [3.63, 3.8) is 0 Å². The third-order valence-electron chi connectivity index (χ3n) is 2.12. The van der Waals surface area contributed by atoms with Crippen molar-refractivity contribution in [3.8, 4) is 0 Å². The van der Waals surface area contributed by atoms with Crippen LogP contribution in [-0.2, 0) is 6.42 Å². The van der Waals surface area contributed by atoms with E-state index in [2.05, 4.69) is 30.5 Å². The van der Waals surface area contributed by atoms with E-state index in [1.165, 1.54) is 12.2 Å². The molecule has 1 aliphatic rings. The van der Waals surface area contributed by atoms with Crippen LogP contribution in [0.4, 0.5) is 0 Å². The molecule has 0 saturated carbocycles. The minimum Gasteiger partial charge on any atom is -0.229 e. The van der Waals surface area contributed by atoms with Gasteiger partial charge in [0, 0.05) is 0 Å². The molecule has 2 rings (SSSR count). The number of thiol groups is 1. The number of hydrogen-bond donors (Lipinski definition) is 1. The van der Waals surface area contributed by atoms with Gasteiger partial charge in [-0.25, -0.2) is 10.9 Å². The highest BCUT2D eigenvalue weighted by molar-refractivity contribution is 8.16. The van der Waals surface area contributed by atoms with Crippen molar-refractivity contribution >= 4 is 10.9 Å². The zero-order valence-electron chi connectivity index (χ0n) is 6.17. The lowest BCUT2D eigenvalue weighted by Gasteiger charge is -2.06. The first-order chi connectivity index (χ1) is 4.88. The van der Waals surface area contributed by atoms with Gasteiger partial charge in [0.25, 0.3) is 0 Å². The lowest BCUT2D eigenvalue weighted by molar-refractivity contribution is 1.15. The Bertz CT molecular complexity index is 242. The van der Waals surface area contributed by atoms with Gasteiger partial charge in [-0.1, -0.05) is 24.3 Å². The third-order valence-corrected chi connectivity index (χ3v) is 4.27. The normalized spacial score (nSPS) is 26.3. The Morgan fingerprint density at radius 1 is 1.30 bits per heavy atom. The summed E-state index contributed by atoms with van der Waals surface area (Å²) in [4.78, 5) is 1.64. The van der Waals surface area contributed by atoms with Gasteiger partial charge < -0.3 is 0 Å². The van der Waals surface area contributed by atoms with Crippen molar-refractivity contribution in [1.82, 2.24) is 0 Å². The van der Waals surface area contributed by atoms with Crippen molar-refractivity contribution in [2.24, 2.45) is 0 Å². The third kappa shape index (κ3) is 0.853. The minimum atomic E-state index is 0.219. The van der Waals surface area contributed by atoms with Gasteiger partial charge in [0.15, 0.2) is 0 Å². The summed E-state index contributed by atoms with van der Waals surface area (Å²) in [5, 5.41) is 0. The van der Waals surface area contributed by atoms with Gasteiger partial charge in [0.05, 0.1) is 0 Å². The van der Waals surface area contributed by atoms with Gasteiger partial charge in [-0.15, -0.1) is 0 Å². The lowest BCUT2D eigenvalue weighted by Crippen LogP contribution is -1.76. The summed E-state index contributed by atoms with van der Waals surface area (Å²) in [6.45, 7) is 0. The van der Waals surface area contributed by atoms with Crippen LogP contribution in [0.3, 0.4) is 0 Å². The van der Waals surface area contributed by atoms with E-state index in [1.807, 2.05) is 0 Å². The van der Waals surface area contributed by atoms with E-state index in [9.17, 15) is 0 Å². The van der Waals surface area contributed by atoms with E-state index in [0.717, 1.165) is 0 Å². The molecule has 0 spiro atoms. The molecule has 1 aliphatic heterocycles. The molecule has 0 aromatic heterocycles. The van der Waals surface area contributed by atoms with Crippen LogP contribution in [0.2, 0.25) is 0 Å². The smallest absolute Gasteiger partial charge is 0.00949 e. The fourth-order valence-electron chi connectivity index (χ4n) is 1.50. The van der Waals surface area contributed by atoms with Crippen LogP contribution < -0.4 is 0 Å². The summed E-state index contributed by atoms with van der Waals surface area (Å²) in [6, 6.07) is 8.85. The average Bonchev–Trinajstić information content (AvgIpc) is 2.34. The van der Waals surface area contributed by atoms with Gasteiger partial charge >= 0.3 is 0 Å². The largest absolute Gasteiger partial charge is 0.229 e. The molecular weight excluding hydrogens is 140 g/mol. The van der Waals surface area contributed by atoms with E-state index >= 15 is 0 Å². The highest BCUT2D eigenvalue weighted by atomic mass is 32.2. The molecule has 1 aromatic carbocycles. The van der Waals surface area contributed by atoms with Gasteiger partial charge in [-0.2, -0.15) is 0 Å². The second-order valence-corrected chi connectivity index (χ2v) is 5.13. The van der Waals surface area contributed by atoms with Gasteiger partial charge in [0.1, 0.15) is 0 Å². The first kappa shape index (κ1) is 6.29. The highest BCUT2D eigenvalue weighted by Crippen LogP contribution is 2.41. The van der Waals surface area contributed by atoms with Crippen LogP contribution in [0, 0.1) is 0 Å². The van der Waals surface area contributed by atoms with Crippen LogP contribution in [-0.4, -0.2) is 12.0 Å². The molecule has 0 fully saturated rings. The number of aryl methyl sites for hydroxylation is 1. The maximum Gasteiger partial charge on any atom is -0.00949 e. The molecule has 0 nitrogen and oxygen atoms in total. The van der Waals surface area contributed by atoms with Crippen LogP contribution >= 0.6 is 10.9 Å². The zero-order chi connectivity index (χ0) is 6.97. The Balaban J connectivity index is 2.51. The molecule has 0 aliphatic carbocycles. The summed E-state index contributed by atoms with van der Waals surface area (Å²) in [7, 11) is 0.219. The van der Waals surface area contributed by atoms with E-state index in [1.54, 1.807) is 10.5 Å². The first-order valence-electron chi connectivity index (χ1n) is 3.67. The fourth-order valence-corrected chi connectivity index (χ4v) is 3.34. The Labute approximate surface area is 64.6 Å². The molecule has 1 aromatic rings. The van der Waals surface area contributed by atoms with Gasteiger partial charge in [0.2, 0.25) is 0 Å². The Hall–Kier alpha value is -0.430. The first-order valence-corrected chi connectivity index (χ1v) is 5.64. The van der Waals surface area contributed by atoms with Crippen LogP contribution in [0.25, 0.3) is 0 Å². The molecule has 0 bridgehead atoms. The van der Waals surface area contributed by atoms with E-state index in [4.69, 9.17) is 0 Å². The quantitative estimate of drug-likeness (QED) is 0.541. The van der Waals surface area contributed by atoms with Crippen molar-refractivity contribution in [1.29, 1.82) is 0 Å². The molecule has 0 saturated heterocycles. The molecule has 1 atom stereocenters. The van der Waals surface area contributed by atoms with Gasteiger partial charge in [-0.3, -0.25) is 0 Å². The zero-order valence-corrected chi connectivity index (χ0v) is 7.07. The summed E-state index contributed by atoms with van der Waals surface area (Å²) in [6.07, 6.45) is 3.69.